The van der Waals surface area contributed by atoms with E-state index in [0.717, 1.165) is 10.7 Å². The standard InChI is InChI=1S/C14H24N2O3S2/c1-13(2,3)11-9-20-12(16-11)14(15-6-7-19-4)5-8-21(17,18)10-14/h9,15H,5-8,10H2,1-4H3. The molecule has 0 aliphatic carbocycles. The molecule has 0 spiro atoms. The molecular weight excluding hydrogens is 308 g/mol. The maximum atomic E-state index is 12.0. The van der Waals surface area contributed by atoms with Crippen LogP contribution in [0.1, 0.15) is 37.9 Å². The van der Waals surface area contributed by atoms with E-state index in [1.54, 1.807) is 18.4 Å². The lowest BCUT2D eigenvalue weighted by atomic mass is 9.93. The van der Waals surface area contributed by atoms with Gasteiger partial charge in [0.2, 0.25) is 0 Å². The van der Waals surface area contributed by atoms with Crippen LogP contribution >= 0.6 is 11.3 Å². The first-order chi connectivity index (χ1) is 9.69. The molecule has 1 atom stereocenters. The summed E-state index contributed by atoms with van der Waals surface area (Å²) in [4.78, 5) is 4.73. The van der Waals surface area contributed by atoms with E-state index in [1.165, 1.54) is 0 Å². The number of nitrogens with zero attached hydrogens (tertiary/aromatic N) is 1. The van der Waals surface area contributed by atoms with E-state index in [4.69, 9.17) is 9.72 Å². The summed E-state index contributed by atoms with van der Waals surface area (Å²) in [7, 11) is -1.36. The normalized spacial score (nSPS) is 25.3. The van der Waals surface area contributed by atoms with Crippen molar-refractivity contribution in [1.82, 2.24) is 10.3 Å². The zero-order chi connectivity index (χ0) is 15.7. The minimum atomic E-state index is -3.00. The van der Waals surface area contributed by atoms with Gasteiger partial charge in [0, 0.05) is 24.4 Å². The molecule has 5 nitrogen and oxygen atoms in total. The summed E-state index contributed by atoms with van der Waals surface area (Å²) < 4.78 is 29.0. The van der Waals surface area contributed by atoms with Crippen LogP contribution in [0.25, 0.3) is 0 Å². The van der Waals surface area contributed by atoms with E-state index in [-0.39, 0.29) is 16.9 Å². The lowest BCUT2D eigenvalue weighted by Gasteiger charge is -2.27. The molecule has 21 heavy (non-hydrogen) atoms. The van der Waals surface area contributed by atoms with Crippen molar-refractivity contribution >= 4 is 21.2 Å². The highest BCUT2D eigenvalue weighted by Gasteiger charge is 2.45. The molecule has 1 fully saturated rings. The SMILES string of the molecule is COCCNC1(c2nc(C(C)(C)C)cs2)CCS(=O)(=O)C1. The monoisotopic (exact) mass is 332 g/mol. The average Bonchev–Trinajstić information content (AvgIpc) is 2.95. The molecule has 1 unspecified atom stereocenters. The minimum absolute atomic E-state index is 0.0278. The predicted molar refractivity (Wildman–Crippen MR) is 85.6 cm³/mol. The number of sulfone groups is 1. The molecule has 120 valence electrons. The van der Waals surface area contributed by atoms with Crippen LogP contribution in [0.5, 0.6) is 0 Å². The van der Waals surface area contributed by atoms with Crippen molar-refractivity contribution in [2.24, 2.45) is 0 Å². The van der Waals surface area contributed by atoms with Crippen molar-refractivity contribution in [2.45, 2.75) is 38.1 Å². The van der Waals surface area contributed by atoms with Crippen molar-refractivity contribution in [3.8, 4) is 0 Å². The summed E-state index contributed by atoms with van der Waals surface area (Å²) in [5.74, 6) is 0.345. The van der Waals surface area contributed by atoms with Crippen molar-refractivity contribution in [3.63, 3.8) is 0 Å². The van der Waals surface area contributed by atoms with E-state index >= 15 is 0 Å². The topological polar surface area (TPSA) is 68.3 Å². The van der Waals surface area contributed by atoms with Gasteiger partial charge >= 0.3 is 0 Å². The Morgan fingerprint density at radius 3 is 2.67 bits per heavy atom. The number of methoxy groups -OCH3 is 1. The molecule has 1 aliphatic heterocycles. The highest BCUT2D eigenvalue weighted by molar-refractivity contribution is 7.91. The van der Waals surface area contributed by atoms with Crippen LogP contribution in [-0.4, -0.2) is 45.2 Å². The zero-order valence-electron chi connectivity index (χ0n) is 13.1. The van der Waals surface area contributed by atoms with E-state index in [1.807, 2.05) is 5.38 Å². The number of hydrogen-bond donors (Lipinski definition) is 1. The fourth-order valence-corrected chi connectivity index (χ4v) is 5.75. The van der Waals surface area contributed by atoms with Crippen LogP contribution in [0, 0.1) is 0 Å². The summed E-state index contributed by atoms with van der Waals surface area (Å²) in [5, 5.41) is 6.30. The molecule has 1 aromatic heterocycles. The van der Waals surface area contributed by atoms with Crippen molar-refractivity contribution in [3.05, 3.63) is 16.1 Å². The maximum absolute atomic E-state index is 12.0. The van der Waals surface area contributed by atoms with Gasteiger partial charge in [0.05, 0.1) is 29.3 Å². The highest BCUT2D eigenvalue weighted by Crippen LogP contribution is 2.37. The molecule has 2 heterocycles. The van der Waals surface area contributed by atoms with Gasteiger partial charge < -0.3 is 10.1 Å². The van der Waals surface area contributed by atoms with Crippen molar-refractivity contribution in [2.75, 3.05) is 31.8 Å². The average molecular weight is 332 g/mol. The summed E-state index contributed by atoms with van der Waals surface area (Å²) >= 11 is 1.55. The third kappa shape index (κ3) is 3.83. The third-order valence-corrected chi connectivity index (χ3v) is 6.56. The van der Waals surface area contributed by atoms with Crippen LogP contribution in [0.15, 0.2) is 5.38 Å². The largest absolute Gasteiger partial charge is 0.383 e. The number of aromatic nitrogens is 1. The van der Waals surface area contributed by atoms with Gasteiger partial charge in [-0.1, -0.05) is 20.8 Å². The molecule has 0 amide bonds. The van der Waals surface area contributed by atoms with E-state index < -0.39 is 15.4 Å². The number of rotatable bonds is 5. The lowest BCUT2D eigenvalue weighted by molar-refractivity contribution is 0.186. The van der Waals surface area contributed by atoms with E-state index in [9.17, 15) is 8.42 Å². The zero-order valence-corrected chi connectivity index (χ0v) is 14.7. The number of ether oxygens (including phenoxy) is 1. The Balaban J connectivity index is 2.30. The Kier molecular flexibility index (Phi) is 4.78. The molecule has 0 radical (unpaired) electrons. The number of thiazole rings is 1. The first-order valence-electron chi connectivity index (χ1n) is 7.09. The molecule has 0 bridgehead atoms. The minimum Gasteiger partial charge on any atom is -0.383 e. The molecule has 0 aromatic carbocycles. The Hall–Kier alpha value is -0.500. The van der Waals surface area contributed by atoms with Crippen LogP contribution < -0.4 is 5.32 Å². The summed E-state index contributed by atoms with van der Waals surface area (Å²) in [5.41, 5.74) is 0.436. The Bertz CT molecular complexity index is 590. The van der Waals surface area contributed by atoms with E-state index in [0.29, 0.717) is 19.6 Å². The quantitative estimate of drug-likeness (QED) is 0.831. The second-order valence-electron chi connectivity index (χ2n) is 6.63. The molecule has 1 saturated heterocycles. The van der Waals surface area contributed by atoms with Crippen LogP contribution in [0.2, 0.25) is 0 Å². The molecule has 1 N–H and O–H groups in total. The van der Waals surface area contributed by atoms with Crippen molar-refractivity contribution in [1.29, 1.82) is 0 Å². The third-order valence-electron chi connectivity index (χ3n) is 3.76. The summed E-state index contributed by atoms with van der Waals surface area (Å²) in [6, 6.07) is 0. The fraction of sp³-hybridized carbons (Fsp3) is 0.786. The van der Waals surface area contributed by atoms with Gasteiger partial charge in [0.1, 0.15) is 5.01 Å². The first-order valence-corrected chi connectivity index (χ1v) is 9.80. The second-order valence-corrected chi connectivity index (χ2v) is 9.67. The number of hydrogen-bond acceptors (Lipinski definition) is 6. The van der Waals surface area contributed by atoms with Gasteiger partial charge in [0.25, 0.3) is 0 Å². The van der Waals surface area contributed by atoms with Gasteiger partial charge in [-0.15, -0.1) is 11.3 Å². The Morgan fingerprint density at radius 2 is 2.19 bits per heavy atom. The van der Waals surface area contributed by atoms with Gasteiger partial charge in [0.15, 0.2) is 9.84 Å². The first kappa shape index (κ1) is 16.9. The van der Waals surface area contributed by atoms with Crippen LogP contribution in [0.3, 0.4) is 0 Å². The molecule has 1 aromatic rings. The lowest BCUT2D eigenvalue weighted by Crippen LogP contribution is -2.45. The molecular formula is C14H24N2O3S2. The summed E-state index contributed by atoms with van der Waals surface area (Å²) in [6.07, 6.45) is 0.580. The van der Waals surface area contributed by atoms with E-state index in [2.05, 4.69) is 26.1 Å². The van der Waals surface area contributed by atoms with Crippen LogP contribution in [-0.2, 0) is 25.5 Å². The predicted octanol–water partition coefficient (Wildman–Crippen LogP) is 1.69. The smallest absolute Gasteiger partial charge is 0.152 e. The number of nitrogens with one attached hydrogen (secondary N) is 1. The van der Waals surface area contributed by atoms with Gasteiger partial charge in [-0.25, -0.2) is 13.4 Å². The molecule has 1 aliphatic rings. The molecule has 2 rings (SSSR count). The molecule has 7 heteroatoms. The van der Waals surface area contributed by atoms with Gasteiger partial charge in [-0.3, -0.25) is 0 Å². The Morgan fingerprint density at radius 1 is 1.48 bits per heavy atom. The molecule has 0 saturated carbocycles. The fourth-order valence-electron chi connectivity index (χ4n) is 2.46. The van der Waals surface area contributed by atoms with Gasteiger partial charge in [-0.2, -0.15) is 0 Å². The highest BCUT2D eigenvalue weighted by atomic mass is 32.2. The van der Waals surface area contributed by atoms with Gasteiger partial charge in [-0.05, 0) is 6.42 Å². The van der Waals surface area contributed by atoms with Crippen LogP contribution in [0.4, 0.5) is 0 Å². The summed E-state index contributed by atoms with van der Waals surface area (Å²) in [6.45, 7) is 7.52. The maximum Gasteiger partial charge on any atom is 0.152 e. The Labute approximate surface area is 131 Å². The van der Waals surface area contributed by atoms with Crippen molar-refractivity contribution < 1.29 is 13.2 Å². The second kappa shape index (κ2) is 5.95.